The van der Waals surface area contributed by atoms with Crippen molar-refractivity contribution in [3.8, 4) is 5.75 Å². The molecular formula is C13H14N2O4. The second-order valence-electron chi connectivity index (χ2n) is 5.12. The van der Waals surface area contributed by atoms with E-state index in [1.807, 2.05) is 0 Å². The third-order valence-corrected chi connectivity index (χ3v) is 3.69. The molecule has 0 bridgehead atoms. The Morgan fingerprint density at radius 3 is 2.68 bits per heavy atom. The van der Waals surface area contributed by atoms with Gasteiger partial charge in [-0.25, -0.2) is 0 Å². The highest BCUT2D eigenvalue weighted by Gasteiger charge is 2.33. The predicted molar refractivity (Wildman–Crippen MR) is 66.4 cm³/mol. The van der Waals surface area contributed by atoms with Gasteiger partial charge in [0.25, 0.3) is 5.91 Å². The minimum atomic E-state index is -0.775. The van der Waals surface area contributed by atoms with E-state index in [2.05, 4.69) is 0 Å². The number of carbonyl (C=O) groups excluding carboxylic acids is 2. The Balaban J connectivity index is 2.02. The van der Waals surface area contributed by atoms with Gasteiger partial charge in [-0.05, 0) is 18.8 Å². The molecule has 1 aliphatic carbocycles. The molecule has 6 heteroatoms. The van der Waals surface area contributed by atoms with Gasteiger partial charge in [-0.15, -0.1) is 0 Å². The molecular weight excluding hydrogens is 248 g/mol. The molecule has 1 fully saturated rings. The lowest BCUT2D eigenvalue weighted by molar-refractivity contribution is 0.0687. The van der Waals surface area contributed by atoms with E-state index in [9.17, 15) is 19.5 Å². The average Bonchev–Trinajstić information content (AvgIpc) is 3.20. The zero-order chi connectivity index (χ0) is 13.6. The second-order valence-corrected chi connectivity index (χ2v) is 5.12. The molecule has 0 atom stereocenters. The maximum Gasteiger partial charge on any atom is 0.274 e. The van der Waals surface area contributed by atoms with Crippen molar-refractivity contribution in [2.75, 3.05) is 13.1 Å². The Morgan fingerprint density at radius 2 is 2.05 bits per heavy atom. The number of aromatic hydroxyl groups is 1. The van der Waals surface area contributed by atoms with Crippen molar-refractivity contribution >= 4 is 12.2 Å². The summed E-state index contributed by atoms with van der Waals surface area (Å²) in [6.07, 6.45) is 4.01. The van der Waals surface area contributed by atoms with Gasteiger partial charge in [0, 0.05) is 25.8 Å². The number of fused-ring (bicyclic) bond motifs is 1. The molecule has 0 unspecified atom stereocenters. The monoisotopic (exact) mass is 262 g/mol. The fourth-order valence-corrected chi connectivity index (χ4v) is 2.42. The number of carbonyl (C=O) groups is 2. The lowest BCUT2D eigenvalue weighted by Crippen LogP contribution is -2.42. The average molecular weight is 262 g/mol. The molecule has 1 saturated carbocycles. The summed E-state index contributed by atoms with van der Waals surface area (Å²) in [4.78, 5) is 36.4. The van der Waals surface area contributed by atoms with E-state index in [1.54, 1.807) is 4.90 Å². The van der Waals surface area contributed by atoms with Crippen LogP contribution < -0.4 is 5.43 Å². The van der Waals surface area contributed by atoms with Crippen molar-refractivity contribution in [1.29, 1.82) is 0 Å². The Hall–Kier alpha value is -2.11. The quantitative estimate of drug-likeness (QED) is 0.791. The normalized spacial score (nSPS) is 18.3. The standard InChI is InChI=1S/C13H14N2O4/c16-7-9-6-14-3-4-15(5-8-1-2-8)13(19)10(14)12(18)11(9)17/h6-8,18H,1-5H2. The molecule has 0 radical (unpaired) electrons. The molecule has 6 nitrogen and oxygen atoms in total. The van der Waals surface area contributed by atoms with Crippen LogP contribution in [0.25, 0.3) is 0 Å². The fraction of sp³-hybridized carbons (Fsp3) is 0.462. The van der Waals surface area contributed by atoms with Gasteiger partial charge in [0.15, 0.2) is 17.7 Å². The van der Waals surface area contributed by atoms with Crippen molar-refractivity contribution in [3.63, 3.8) is 0 Å². The number of pyridine rings is 1. The molecule has 1 aromatic rings. The van der Waals surface area contributed by atoms with Gasteiger partial charge in [-0.2, -0.15) is 0 Å². The SMILES string of the molecule is O=Cc1cn2c(c(O)c1=O)C(=O)N(CC1CC1)CC2. The van der Waals surface area contributed by atoms with Crippen LogP contribution in [0.15, 0.2) is 11.0 Å². The second kappa shape index (κ2) is 4.22. The van der Waals surface area contributed by atoms with E-state index >= 15 is 0 Å². The van der Waals surface area contributed by atoms with E-state index in [4.69, 9.17) is 0 Å². The first-order chi connectivity index (χ1) is 9.11. The van der Waals surface area contributed by atoms with Crippen LogP contribution in [-0.4, -0.2) is 39.9 Å². The number of aromatic nitrogens is 1. The van der Waals surface area contributed by atoms with E-state index in [0.29, 0.717) is 31.8 Å². The Morgan fingerprint density at radius 1 is 1.32 bits per heavy atom. The molecule has 0 saturated heterocycles. The first-order valence-corrected chi connectivity index (χ1v) is 6.32. The van der Waals surface area contributed by atoms with E-state index in [-0.39, 0.29) is 17.2 Å². The molecule has 2 aliphatic rings. The lowest BCUT2D eigenvalue weighted by atomic mass is 10.1. The molecule has 100 valence electrons. The van der Waals surface area contributed by atoms with Gasteiger partial charge in [-0.3, -0.25) is 14.4 Å². The van der Waals surface area contributed by atoms with E-state index in [0.717, 1.165) is 12.8 Å². The summed E-state index contributed by atoms with van der Waals surface area (Å²) in [5, 5.41) is 9.85. The van der Waals surface area contributed by atoms with E-state index in [1.165, 1.54) is 10.8 Å². The Labute approximate surface area is 109 Å². The van der Waals surface area contributed by atoms with Crippen molar-refractivity contribution in [2.24, 2.45) is 5.92 Å². The largest absolute Gasteiger partial charge is 0.503 e. The third kappa shape index (κ3) is 1.93. The van der Waals surface area contributed by atoms with Crippen LogP contribution in [0.3, 0.4) is 0 Å². The molecule has 0 spiro atoms. The van der Waals surface area contributed by atoms with Crippen LogP contribution in [0.5, 0.6) is 5.75 Å². The summed E-state index contributed by atoms with van der Waals surface area (Å²) >= 11 is 0. The third-order valence-electron chi connectivity index (χ3n) is 3.69. The Bertz CT molecular complexity index is 616. The number of rotatable bonds is 3. The maximum atomic E-state index is 12.3. The fourth-order valence-electron chi connectivity index (χ4n) is 2.42. The number of aldehydes is 1. The van der Waals surface area contributed by atoms with Gasteiger partial charge in [0.05, 0.1) is 5.56 Å². The smallest absolute Gasteiger partial charge is 0.274 e. The van der Waals surface area contributed by atoms with Crippen molar-refractivity contribution < 1.29 is 14.7 Å². The molecule has 19 heavy (non-hydrogen) atoms. The summed E-state index contributed by atoms with van der Waals surface area (Å²) < 4.78 is 1.49. The van der Waals surface area contributed by atoms with Crippen molar-refractivity contribution in [3.05, 3.63) is 27.7 Å². The van der Waals surface area contributed by atoms with E-state index < -0.39 is 11.2 Å². The van der Waals surface area contributed by atoms with Crippen LogP contribution in [0.2, 0.25) is 0 Å². The van der Waals surface area contributed by atoms with Gasteiger partial charge in [-0.1, -0.05) is 0 Å². The molecule has 3 rings (SSSR count). The van der Waals surface area contributed by atoms with Crippen LogP contribution in [0, 0.1) is 5.92 Å². The molecule has 1 aromatic heterocycles. The minimum Gasteiger partial charge on any atom is -0.503 e. The number of nitrogens with zero attached hydrogens (tertiary/aromatic N) is 2. The summed E-state index contributed by atoms with van der Waals surface area (Å²) in [6.45, 7) is 1.72. The number of hydrogen-bond acceptors (Lipinski definition) is 4. The zero-order valence-electron chi connectivity index (χ0n) is 10.3. The van der Waals surface area contributed by atoms with Crippen LogP contribution in [0.4, 0.5) is 0 Å². The summed E-state index contributed by atoms with van der Waals surface area (Å²) in [6, 6.07) is 0. The molecule has 1 N–H and O–H groups in total. The van der Waals surface area contributed by atoms with Crippen LogP contribution in [0.1, 0.15) is 33.7 Å². The highest BCUT2D eigenvalue weighted by Crippen LogP contribution is 2.31. The summed E-state index contributed by atoms with van der Waals surface area (Å²) in [7, 11) is 0. The topological polar surface area (TPSA) is 79.6 Å². The lowest BCUT2D eigenvalue weighted by Gasteiger charge is -2.30. The minimum absolute atomic E-state index is 0.00231. The van der Waals surface area contributed by atoms with Crippen LogP contribution >= 0.6 is 0 Å². The van der Waals surface area contributed by atoms with Gasteiger partial charge >= 0.3 is 0 Å². The number of hydrogen-bond donors (Lipinski definition) is 1. The summed E-state index contributed by atoms with van der Waals surface area (Å²) in [5.41, 5.74) is -0.893. The van der Waals surface area contributed by atoms with Gasteiger partial charge in [0.2, 0.25) is 5.43 Å². The molecule has 2 heterocycles. The van der Waals surface area contributed by atoms with Crippen molar-refractivity contribution in [2.45, 2.75) is 19.4 Å². The highest BCUT2D eigenvalue weighted by atomic mass is 16.3. The Kier molecular flexibility index (Phi) is 2.66. The zero-order valence-corrected chi connectivity index (χ0v) is 10.3. The predicted octanol–water partition coefficient (Wildman–Crippen LogP) is 0.232. The summed E-state index contributed by atoms with van der Waals surface area (Å²) in [5.74, 6) is -0.390. The molecule has 1 aliphatic heterocycles. The maximum absolute atomic E-state index is 12.3. The van der Waals surface area contributed by atoms with Crippen molar-refractivity contribution in [1.82, 2.24) is 9.47 Å². The number of amides is 1. The first kappa shape index (κ1) is 12.0. The highest BCUT2D eigenvalue weighted by molar-refractivity contribution is 5.96. The first-order valence-electron chi connectivity index (χ1n) is 6.32. The molecule has 0 aromatic carbocycles. The van der Waals surface area contributed by atoms with Crippen LogP contribution in [-0.2, 0) is 6.54 Å². The van der Waals surface area contributed by atoms with Gasteiger partial charge in [0.1, 0.15) is 0 Å². The van der Waals surface area contributed by atoms with Gasteiger partial charge < -0.3 is 14.6 Å². The molecule has 1 amide bonds.